The summed E-state index contributed by atoms with van der Waals surface area (Å²) in [6, 6.07) is 20.8. The molecule has 3 aromatic rings. The van der Waals surface area contributed by atoms with Crippen molar-refractivity contribution in [3.8, 4) is 23.0 Å². The molecule has 0 spiro atoms. The maximum Gasteiger partial charge on any atom is 0.176 e. The molecule has 0 fully saturated rings. The van der Waals surface area contributed by atoms with Crippen molar-refractivity contribution < 1.29 is 14.3 Å². The van der Waals surface area contributed by atoms with Gasteiger partial charge in [-0.1, -0.05) is 35.4 Å². The molecule has 0 heterocycles. The van der Waals surface area contributed by atoms with Gasteiger partial charge in [-0.15, -0.1) is 0 Å². The lowest BCUT2D eigenvalue weighted by Gasteiger charge is -2.14. The Bertz CT molecular complexity index is 915. The number of ether oxygens (including phenoxy) is 2. The van der Waals surface area contributed by atoms with Gasteiger partial charge in [0.25, 0.3) is 0 Å². The van der Waals surface area contributed by atoms with Crippen LogP contribution in [0.5, 0.6) is 23.0 Å². The molecule has 0 aromatic heterocycles. The number of Topliss-reactive ketones (excluding diaryl/α,β-unsaturated/α-hetero) is 1. The first-order chi connectivity index (χ1) is 13.0. The lowest BCUT2D eigenvalue weighted by atomic mass is 10.1. The second-order valence-corrected chi connectivity index (χ2v) is 6.45. The van der Waals surface area contributed by atoms with Gasteiger partial charge < -0.3 is 14.8 Å². The molecule has 4 heteroatoms. The smallest absolute Gasteiger partial charge is 0.176 e. The fourth-order valence-corrected chi connectivity index (χ4v) is 2.57. The number of aryl methyl sites for hydroxylation is 2. The Morgan fingerprint density at radius 3 is 1.81 bits per heavy atom. The molecule has 0 atom stereocenters. The SMILES string of the molecule is CNCC(=O)c1ccc(Oc2ccc(C)cc2)c(Oc2ccc(C)cc2)c1. The van der Waals surface area contributed by atoms with Gasteiger partial charge in [-0.2, -0.15) is 0 Å². The van der Waals surface area contributed by atoms with Gasteiger partial charge in [0.15, 0.2) is 17.3 Å². The number of likely N-dealkylation sites (N-methyl/N-ethyl adjacent to an activating group) is 1. The zero-order valence-corrected chi connectivity index (χ0v) is 15.8. The molecule has 0 radical (unpaired) electrons. The van der Waals surface area contributed by atoms with E-state index >= 15 is 0 Å². The summed E-state index contributed by atoms with van der Waals surface area (Å²) in [5.74, 6) is 2.45. The molecule has 3 aromatic carbocycles. The minimum absolute atomic E-state index is 0.00635. The molecular weight excluding hydrogens is 338 g/mol. The standard InChI is InChI=1S/C23H23NO3/c1-16-4-9-19(10-5-16)26-22-13-8-18(21(25)15-24-3)14-23(22)27-20-11-6-17(2)7-12-20/h4-14,24H,15H2,1-3H3. The minimum Gasteiger partial charge on any atom is -0.453 e. The van der Waals surface area contributed by atoms with E-state index in [4.69, 9.17) is 9.47 Å². The highest BCUT2D eigenvalue weighted by molar-refractivity contribution is 5.98. The van der Waals surface area contributed by atoms with Crippen molar-refractivity contribution >= 4 is 5.78 Å². The van der Waals surface area contributed by atoms with Crippen molar-refractivity contribution in [2.24, 2.45) is 0 Å². The van der Waals surface area contributed by atoms with Crippen molar-refractivity contribution in [2.45, 2.75) is 13.8 Å². The maximum atomic E-state index is 12.2. The zero-order chi connectivity index (χ0) is 19.2. The van der Waals surface area contributed by atoms with Crippen molar-refractivity contribution in [2.75, 3.05) is 13.6 Å². The van der Waals surface area contributed by atoms with Gasteiger partial charge in [0.2, 0.25) is 0 Å². The molecule has 0 amide bonds. The molecule has 3 rings (SSSR count). The third-order valence-electron chi connectivity index (χ3n) is 4.10. The summed E-state index contributed by atoms with van der Waals surface area (Å²) in [4.78, 5) is 12.2. The third kappa shape index (κ3) is 4.96. The van der Waals surface area contributed by atoms with Crippen molar-refractivity contribution in [3.63, 3.8) is 0 Å². The first-order valence-electron chi connectivity index (χ1n) is 8.86. The van der Waals surface area contributed by atoms with Crippen molar-refractivity contribution in [3.05, 3.63) is 83.4 Å². The fraction of sp³-hybridized carbons (Fsp3) is 0.174. The molecule has 0 unspecified atom stereocenters. The highest BCUT2D eigenvalue weighted by Gasteiger charge is 2.13. The Kier molecular flexibility index (Phi) is 5.89. The van der Waals surface area contributed by atoms with E-state index in [1.165, 1.54) is 0 Å². The second kappa shape index (κ2) is 8.52. The first-order valence-corrected chi connectivity index (χ1v) is 8.86. The van der Waals surface area contributed by atoms with E-state index in [1.807, 2.05) is 62.4 Å². The summed E-state index contributed by atoms with van der Waals surface area (Å²) in [6.07, 6.45) is 0. The minimum atomic E-state index is -0.00635. The number of carbonyl (C=O) groups is 1. The summed E-state index contributed by atoms with van der Waals surface area (Å²) in [7, 11) is 1.75. The third-order valence-corrected chi connectivity index (χ3v) is 4.10. The van der Waals surface area contributed by atoms with E-state index in [0.717, 1.165) is 11.1 Å². The van der Waals surface area contributed by atoms with Gasteiger partial charge in [-0.05, 0) is 63.4 Å². The van der Waals surface area contributed by atoms with Crippen LogP contribution in [0, 0.1) is 13.8 Å². The molecule has 0 aliphatic heterocycles. The van der Waals surface area contributed by atoms with Crippen molar-refractivity contribution in [1.29, 1.82) is 0 Å². The summed E-state index contributed by atoms with van der Waals surface area (Å²) in [6.45, 7) is 4.31. The molecule has 138 valence electrons. The number of carbonyl (C=O) groups excluding carboxylic acids is 1. The molecule has 0 saturated carbocycles. The normalized spacial score (nSPS) is 10.5. The van der Waals surface area contributed by atoms with E-state index < -0.39 is 0 Å². The topological polar surface area (TPSA) is 47.6 Å². The van der Waals surface area contributed by atoms with E-state index in [-0.39, 0.29) is 12.3 Å². The van der Waals surface area contributed by atoms with Crippen LogP contribution in [0.3, 0.4) is 0 Å². The van der Waals surface area contributed by atoms with E-state index in [1.54, 1.807) is 25.2 Å². The molecule has 1 N–H and O–H groups in total. The van der Waals surface area contributed by atoms with Crippen LogP contribution in [0.4, 0.5) is 0 Å². The number of benzene rings is 3. The number of hydrogen-bond donors (Lipinski definition) is 1. The van der Waals surface area contributed by atoms with Crippen LogP contribution in [0.1, 0.15) is 21.5 Å². The van der Waals surface area contributed by atoms with Gasteiger partial charge in [-0.25, -0.2) is 0 Å². The summed E-state index contributed by atoms with van der Waals surface area (Å²) < 4.78 is 12.0. The van der Waals surface area contributed by atoms with Crippen LogP contribution in [-0.4, -0.2) is 19.4 Å². The molecular formula is C23H23NO3. The highest BCUT2D eigenvalue weighted by Crippen LogP contribution is 2.36. The van der Waals surface area contributed by atoms with Crippen LogP contribution in [0.15, 0.2) is 66.7 Å². The number of ketones is 1. The van der Waals surface area contributed by atoms with Crippen LogP contribution < -0.4 is 14.8 Å². The molecule has 4 nitrogen and oxygen atoms in total. The molecule has 27 heavy (non-hydrogen) atoms. The quantitative estimate of drug-likeness (QED) is 0.581. The predicted molar refractivity (Wildman–Crippen MR) is 107 cm³/mol. The van der Waals surface area contributed by atoms with E-state index in [2.05, 4.69) is 5.32 Å². The monoisotopic (exact) mass is 361 g/mol. The van der Waals surface area contributed by atoms with E-state index in [9.17, 15) is 4.79 Å². The van der Waals surface area contributed by atoms with Gasteiger partial charge in [0, 0.05) is 5.56 Å². The largest absolute Gasteiger partial charge is 0.453 e. The van der Waals surface area contributed by atoms with Crippen molar-refractivity contribution in [1.82, 2.24) is 5.32 Å². The summed E-state index contributed by atoms with van der Waals surface area (Å²) in [5, 5.41) is 2.88. The Hall–Kier alpha value is -3.11. The van der Waals surface area contributed by atoms with Gasteiger partial charge in [0.05, 0.1) is 6.54 Å². The van der Waals surface area contributed by atoms with Gasteiger partial charge in [0.1, 0.15) is 11.5 Å². The Labute approximate surface area is 159 Å². The predicted octanol–water partition coefficient (Wildman–Crippen LogP) is 5.29. The zero-order valence-electron chi connectivity index (χ0n) is 15.8. The number of rotatable bonds is 7. The maximum absolute atomic E-state index is 12.2. The van der Waals surface area contributed by atoms with Gasteiger partial charge in [-0.3, -0.25) is 4.79 Å². The van der Waals surface area contributed by atoms with Crippen LogP contribution in [0.2, 0.25) is 0 Å². The first kappa shape index (κ1) is 18.7. The second-order valence-electron chi connectivity index (χ2n) is 6.45. The lowest BCUT2D eigenvalue weighted by Crippen LogP contribution is -2.18. The van der Waals surface area contributed by atoms with Crippen LogP contribution >= 0.6 is 0 Å². The Balaban J connectivity index is 1.93. The average Bonchev–Trinajstić information content (AvgIpc) is 2.67. The van der Waals surface area contributed by atoms with E-state index in [0.29, 0.717) is 28.6 Å². The Morgan fingerprint density at radius 1 is 0.778 bits per heavy atom. The molecule has 0 bridgehead atoms. The lowest BCUT2D eigenvalue weighted by molar-refractivity contribution is 0.0993. The summed E-state index contributed by atoms with van der Waals surface area (Å²) >= 11 is 0. The van der Waals surface area contributed by atoms with Crippen LogP contribution in [-0.2, 0) is 0 Å². The summed E-state index contributed by atoms with van der Waals surface area (Å²) in [5.41, 5.74) is 2.88. The molecule has 0 aliphatic carbocycles. The fourth-order valence-electron chi connectivity index (χ4n) is 2.57. The molecule has 0 saturated heterocycles. The highest BCUT2D eigenvalue weighted by atomic mass is 16.5. The number of nitrogens with one attached hydrogen (secondary N) is 1. The number of hydrogen-bond acceptors (Lipinski definition) is 4. The average molecular weight is 361 g/mol. The van der Waals surface area contributed by atoms with Crippen LogP contribution in [0.25, 0.3) is 0 Å². The Morgan fingerprint density at radius 2 is 1.30 bits per heavy atom. The van der Waals surface area contributed by atoms with Gasteiger partial charge >= 0.3 is 0 Å². The molecule has 0 aliphatic rings.